The molecular weight excluding hydrogens is 346 g/mol. The van der Waals surface area contributed by atoms with Gasteiger partial charge in [-0.3, -0.25) is 9.59 Å². The number of amides is 2. The summed E-state index contributed by atoms with van der Waals surface area (Å²) in [4.78, 5) is 26.8. The van der Waals surface area contributed by atoms with Gasteiger partial charge in [-0.2, -0.15) is 0 Å². The van der Waals surface area contributed by atoms with Gasteiger partial charge in [-0.15, -0.1) is 0 Å². The van der Waals surface area contributed by atoms with Crippen molar-refractivity contribution < 1.29 is 14.3 Å². The van der Waals surface area contributed by atoms with E-state index < -0.39 is 0 Å². The molecule has 0 bridgehead atoms. The van der Waals surface area contributed by atoms with Crippen LogP contribution in [0.25, 0.3) is 16.8 Å². The van der Waals surface area contributed by atoms with E-state index in [1.165, 1.54) is 4.90 Å². The number of carbonyl (C=O) groups is 2. The maximum absolute atomic E-state index is 12.8. The fourth-order valence-electron chi connectivity index (χ4n) is 3.00. The first kappa shape index (κ1) is 16.4. The molecule has 4 nitrogen and oxygen atoms in total. The number of thioether (sulfide) groups is 1. The van der Waals surface area contributed by atoms with Crippen LogP contribution in [-0.4, -0.2) is 18.3 Å². The lowest BCUT2D eigenvalue weighted by Gasteiger charge is -2.12. The lowest BCUT2D eigenvalue weighted by atomic mass is 10.0. The second-order valence-electron chi connectivity index (χ2n) is 5.76. The zero-order valence-electron chi connectivity index (χ0n) is 14.0. The van der Waals surface area contributed by atoms with Crippen molar-refractivity contribution in [3.05, 3.63) is 77.2 Å². The molecule has 1 fully saturated rings. The van der Waals surface area contributed by atoms with Crippen LogP contribution < -0.4 is 9.64 Å². The minimum atomic E-state index is -0.318. The van der Waals surface area contributed by atoms with E-state index in [2.05, 4.69) is 0 Å². The lowest BCUT2D eigenvalue weighted by Crippen LogP contribution is -2.27. The molecule has 0 aliphatic carbocycles. The van der Waals surface area contributed by atoms with E-state index in [-0.39, 0.29) is 11.1 Å². The molecule has 1 saturated heterocycles. The third-order valence-electron chi connectivity index (χ3n) is 4.23. The van der Waals surface area contributed by atoms with Gasteiger partial charge in [-0.05, 0) is 46.8 Å². The molecule has 0 unspecified atom stereocenters. The summed E-state index contributed by atoms with van der Waals surface area (Å²) in [5.41, 5.74) is 1.37. The van der Waals surface area contributed by atoms with Crippen molar-refractivity contribution in [1.82, 2.24) is 0 Å². The van der Waals surface area contributed by atoms with Crippen LogP contribution in [0, 0.1) is 0 Å². The Balaban J connectivity index is 1.82. The Hall–Kier alpha value is -3.05. The molecule has 128 valence electrons. The molecule has 3 aromatic carbocycles. The number of hydrogen-bond donors (Lipinski definition) is 0. The van der Waals surface area contributed by atoms with Gasteiger partial charge in [0.05, 0.1) is 17.7 Å². The Labute approximate surface area is 155 Å². The number of para-hydroxylation sites is 1. The zero-order chi connectivity index (χ0) is 18.1. The zero-order valence-corrected chi connectivity index (χ0v) is 14.8. The van der Waals surface area contributed by atoms with Crippen molar-refractivity contribution >= 4 is 45.4 Å². The van der Waals surface area contributed by atoms with Crippen LogP contribution in [0.15, 0.2) is 71.6 Å². The minimum absolute atomic E-state index is 0.299. The molecule has 2 amide bonds. The Morgan fingerprint density at radius 2 is 1.65 bits per heavy atom. The Bertz CT molecular complexity index is 1040. The van der Waals surface area contributed by atoms with Crippen molar-refractivity contribution in [3.63, 3.8) is 0 Å². The van der Waals surface area contributed by atoms with Crippen LogP contribution in [0.2, 0.25) is 0 Å². The lowest BCUT2D eigenvalue weighted by molar-refractivity contribution is -0.113. The summed E-state index contributed by atoms with van der Waals surface area (Å²) in [5.74, 6) is 0.344. The molecule has 0 atom stereocenters. The molecule has 0 spiro atoms. The van der Waals surface area contributed by atoms with Crippen LogP contribution >= 0.6 is 11.8 Å². The summed E-state index contributed by atoms with van der Waals surface area (Å²) in [6.45, 7) is 0. The van der Waals surface area contributed by atoms with E-state index >= 15 is 0 Å². The fraction of sp³-hybridized carbons (Fsp3) is 0.0476. The van der Waals surface area contributed by atoms with Crippen molar-refractivity contribution in [1.29, 1.82) is 0 Å². The van der Waals surface area contributed by atoms with Crippen molar-refractivity contribution in [2.75, 3.05) is 12.0 Å². The highest BCUT2D eigenvalue weighted by atomic mass is 32.2. The molecule has 3 aromatic rings. The highest BCUT2D eigenvalue weighted by Crippen LogP contribution is 2.38. The molecular formula is C21H15NO3S. The number of hydrogen-bond acceptors (Lipinski definition) is 4. The third-order valence-corrected chi connectivity index (χ3v) is 5.10. The quantitative estimate of drug-likeness (QED) is 0.610. The molecule has 26 heavy (non-hydrogen) atoms. The van der Waals surface area contributed by atoms with Gasteiger partial charge < -0.3 is 4.74 Å². The molecule has 5 heteroatoms. The van der Waals surface area contributed by atoms with Crippen LogP contribution in [0.1, 0.15) is 5.56 Å². The predicted octanol–water partition coefficient (Wildman–Crippen LogP) is 5.09. The highest BCUT2D eigenvalue weighted by Gasteiger charge is 2.36. The maximum Gasteiger partial charge on any atom is 0.298 e. The number of rotatable bonds is 3. The SMILES string of the molecule is COc1ccc2ccccc2c1/C=C1\SC(=O)N(c2ccccc2)C1=O. The summed E-state index contributed by atoms with van der Waals surface area (Å²) in [5, 5.41) is 1.71. The molecule has 1 aliphatic rings. The number of benzene rings is 3. The fourth-order valence-corrected chi connectivity index (χ4v) is 3.82. The van der Waals surface area contributed by atoms with Crippen LogP contribution in [0.5, 0.6) is 5.75 Å². The third kappa shape index (κ3) is 2.76. The Kier molecular flexibility index (Phi) is 4.22. The van der Waals surface area contributed by atoms with Crippen molar-refractivity contribution in [3.8, 4) is 5.75 Å². The molecule has 1 aliphatic heterocycles. The molecule has 0 radical (unpaired) electrons. The standard InChI is InChI=1S/C21H15NO3S/c1-25-18-12-11-14-7-5-6-10-16(14)17(18)13-19-20(23)22(21(24)26-19)15-8-3-2-4-9-15/h2-13H,1H3/b19-13-. The van der Waals surface area contributed by atoms with E-state index in [4.69, 9.17) is 4.74 Å². The average molecular weight is 361 g/mol. The van der Waals surface area contributed by atoms with Gasteiger partial charge in [0.2, 0.25) is 0 Å². The van der Waals surface area contributed by atoms with Crippen LogP contribution in [0.4, 0.5) is 10.5 Å². The number of carbonyl (C=O) groups excluding carboxylic acids is 2. The summed E-state index contributed by atoms with van der Waals surface area (Å²) in [6.07, 6.45) is 1.75. The predicted molar refractivity (Wildman–Crippen MR) is 105 cm³/mol. The van der Waals surface area contributed by atoms with Gasteiger partial charge in [0.1, 0.15) is 5.75 Å². The number of fused-ring (bicyclic) bond motifs is 1. The second kappa shape index (κ2) is 6.69. The Morgan fingerprint density at radius 1 is 0.923 bits per heavy atom. The summed E-state index contributed by atoms with van der Waals surface area (Å²) in [7, 11) is 1.59. The van der Waals surface area contributed by atoms with Gasteiger partial charge in [0, 0.05) is 5.56 Å². The van der Waals surface area contributed by atoms with Crippen LogP contribution in [0.3, 0.4) is 0 Å². The molecule has 1 heterocycles. The van der Waals surface area contributed by atoms with Gasteiger partial charge in [0.25, 0.3) is 11.1 Å². The molecule has 0 N–H and O–H groups in total. The number of anilines is 1. The van der Waals surface area contributed by atoms with Gasteiger partial charge in [-0.25, -0.2) is 4.90 Å². The minimum Gasteiger partial charge on any atom is -0.496 e. The number of nitrogens with zero attached hydrogens (tertiary/aromatic N) is 1. The monoisotopic (exact) mass is 361 g/mol. The van der Waals surface area contributed by atoms with E-state index in [9.17, 15) is 9.59 Å². The first-order valence-corrected chi connectivity index (χ1v) is 8.89. The van der Waals surface area contributed by atoms with E-state index in [0.717, 1.165) is 28.1 Å². The number of imide groups is 1. The van der Waals surface area contributed by atoms with Gasteiger partial charge in [-0.1, -0.05) is 48.5 Å². The normalized spacial score (nSPS) is 15.9. The molecule has 0 aromatic heterocycles. The molecule has 4 rings (SSSR count). The summed E-state index contributed by atoms with van der Waals surface area (Å²) in [6, 6.07) is 20.7. The van der Waals surface area contributed by atoms with Crippen LogP contribution in [-0.2, 0) is 4.79 Å². The largest absolute Gasteiger partial charge is 0.496 e. The van der Waals surface area contributed by atoms with Gasteiger partial charge in [0.15, 0.2) is 0 Å². The first-order chi connectivity index (χ1) is 12.7. The number of ether oxygens (including phenoxy) is 1. The highest BCUT2D eigenvalue weighted by molar-refractivity contribution is 8.19. The van der Waals surface area contributed by atoms with Gasteiger partial charge >= 0.3 is 0 Å². The van der Waals surface area contributed by atoms with E-state index in [1.807, 2.05) is 42.5 Å². The smallest absolute Gasteiger partial charge is 0.298 e. The Morgan fingerprint density at radius 3 is 2.42 bits per heavy atom. The van der Waals surface area contributed by atoms with E-state index in [0.29, 0.717) is 16.3 Å². The summed E-state index contributed by atoms with van der Waals surface area (Å²) < 4.78 is 5.47. The average Bonchev–Trinajstić information content (AvgIpc) is 2.96. The van der Waals surface area contributed by atoms with Crippen molar-refractivity contribution in [2.45, 2.75) is 0 Å². The van der Waals surface area contributed by atoms with E-state index in [1.54, 1.807) is 37.5 Å². The summed E-state index contributed by atoms with van der Waals surface area (Å²) >= 11 is 0.942. The second-order valence-corrected chi connectivity index (χ2v) is 6.75. The maximum atomic E-state index is 12.8. The topological polar surface area (TPSA) is 46.6 Å². The van der Waals surface area contributed by atoms with Crippen molar-refractivity contribution in [2.24, 2.45) is 0 Å². The first-order valence-electron chi connectivity index (χ1n) is 8.08. The molecule has 0 saturated carbocycles. The number of methoxy groups -OCH3 is 1.